The van der Waals surface area contributed by atoms with Crippen LogP contribution in [0.4, 0.5) is 0 Å². The van der Waals surface area contributed by atoms with Gasteiger partial charge in [-0.25, -0.2) is 5.43 Å². The number of pyridine rings is 1. The molecule has 4 heteroatoms. The molecule has 0 saturated heterocycles. The highest BCUT2D eigenvalue weighted by Gasteiger charge is 2.19. The third-order valence-electron chi connectivity index (χ3n) is 4.72. The van der Waals surface area contributed by atoms with E-state index in [1.807, 2.05) is 18.3 Å². The number of fused-ring (bicyclic) bond motifs is 3. The van der Waals surface area contributed by atoms with E-state index in [1.165, 1.54) is 38.5 Å². The molecule has 0 radical (unpaired) electrons. The van der Waals surface area contributed by atoms with Crippen LogP contribution in [0.2, 0.25) is 0 Å². The largest absolute Gasteiger partial charge is 0.339 e. The van der Waals surface area contributed by atoms with E-state index in [1.54, 1.807) is 0 Å². The van der Waals surface area contributed by atoms with E-state index in [0.29, 0.717) is 0 Å². The van der Waals surface area contributed by atoms with Crippen LogP contribution in [0, 0.1) is 13.8 Å². The van der Waals surface area contributed by atoms with Crippen molar-refractivity contribution in [2.75, 3.05) is 13.6 Å². The Morgan fingerprint density at radius 1 is 1.17 bits per heavy atom. The monoisotopic (exact) mass is 306 g/mol. The van der Waals surface area contributed by atoms with Gasteiger partial charge < -0.3 is 9.58 Å². The first-order chi connectivity index (χ1) is 11.1. The van der Waals surface area contributed by atoms with Crippen molar-refractivity contribution in [2.45, 2.75) is 27.3 Å². The fourth-order valence-corrected chi connectivity index (χ4v) is 3.76. The van der Waals surface area contributed by atoms with E-state index >= 15 is 0 Å². The van der Waals surface area contributed by atoms with Crippen LogP contribution in [0.3, 0.4) is 0 Å². The molecule has 4 rings (SSSR count). The Labute approximate surface area is 136 Å². The number of hydrazine groups is 1. The molecule has 23 heavy (non-hydrogen) atoms. The van der Waals surface area contributed by atoms with Crippen molar-refractivity contribution in [2.24, 2.45) is 0 Å². The number of rotatable bonds is 2. The van der Waals surface area contributed by atoms with Crippen LogP contribution in [-0.4, -0.2) is 28.2 Å². The van der Waals surface area contributed by atoms with Gasteiger partial charge in [-0.3, -0.25) is 4.98 Å². The normalized spacial score (nSPS) is 15.0. The van der Waals surface area contributed by atoms with Crippen molar-refractivity contribution in [1.82, 2.24) is 20.0 Å². The molecule has 2 aromatic heterocycles. The van der Waals surface area contributed by atoms with Gasteiger partial charge in [0.15, 0.2) is 0 Å². The van der Waals surface area contributed by atoms with Crippen molar-refractivity contribution in [3.8, 4) is 0 Å². The van der Waals surface area contributed by atoms with Gasteiger partial charge in [-0.15, -0.1) is 0 Å². The molecule has 1 aliphatic rings. The maximum atomic E-state index is 4.52. The maximum Gasteiger partial charge on any atom is 0.0707 e. The molecule has 3 aromatic rings. The van der Waals surface area contributed by atoms with Crippen LogP contribution in [-0.2, 0) is 6.54 Å². The Hall–Kier alpha value is -2.33. The topological polar surface area (TPSA) is 33.1 Å². The van der Waals surface area contributed by atoms with Gasteiger partial charge in [0.1, 0.15) is 0 Å². The molecule has 0 fully saturated rings. The fourth-order valence-electron chi connectivity index (χ4n) is 3.76. The summed E-state index contributed by atoms with van der Waals surface area (Å²) in [5.74, 6) is 0. The molecule has 0 aliphatic carbocycles. The predicted molar refractivity (Wildman–Crippen MR) is 96.1 cm³/mol. The SMILES string of the molecule is CCn1c2c(C3=CN(C)NC3)cc(C)cc2c2ccnc(C)c21. The van der Waals surface area contributed by atoms with Crippen molar-refractivity contribution in [3.63, 3.8) is 0 Å². The summed E-state index contributed by atoms with van der Waals surface area (Å²) in [5, 5.41) is 4.67. The molecule has 1 N–H and O–H groups in total. The minimum absolute atomic E-state index is 0.873. The highest BCUT2D eigenvalue weighted by atomic mass is 15.5. The minimum atomic E-state index is 0.873. The summed E-state index contributed by atoms with van der Waals surface area (Å²) >= 11 is 0. The summed E-state index contributed by atoms with van der Waals surface area (Å²) in [4.78, 5) is 4.52. The average molecular weight is 306 g/mol. The summed E-state index contributed by atoms with van der Waals surface area (Å²) in [5.41, 5.74) is 11.0. The Morgan fingerprint density at radius 2 is 2.00 bits per heavy atom. The molecule has 4 nitrogen and oxygen atoms in total. The second-order valence-corrected chi connectivity index (χ2v) is 6.35. The summed E-state index contributed by atoms with van der Waals surface area (Å²) in [6.45, 7) is 8.31. The zero-order valence-corrected chi connectivity index (χ0v) is 14.1. The van der Waals surface area contributed by atoms with Gasteiger partial charge in [-0.1, -0.05) is 0 Å². The quantitative estimate of drug-likeness (QED) is 0.785. The summed E-state index contributed by atoms with van der Waals surface area (Å²) < 4.78 is 2.42. The number of hydrogen-bond donors (Lipinski definition) is 1. The first-order valence-electron chi connectivity index (χ1n) is 8.15. The lowest BCUT2D eigenvalue weighted by Crippen LogP contribution is -2.23. The molecule has 0 amide bonds. The van der Waals surface area contributed by atoms with Crippen LogP contribution < -0.4 is 5.43 Å². The molecule has 0 saturated carbocycles. The Bertz CT molecular complexity index is 949. The second kappa shape index (κ2) is 5.10. The molecule has 0 bridgehead atoms. The number of nitrogens with zero attached hydrogens (tertiary/aromatic N) is 3. The smallest absolute Gasteiger partial charge is 0.0707 e. The van der Waals surface area contributed by atoms with Gasteiger partial charge in [0.05, 0.1) is 16.7 Å². The van der Waals surface area contributed by atoms with E-state index in [2.05, 4.69) is 60.1 Å². The number of aryl methyl sites for hydroxylation is 3. The third kappa shape index (κ3) is 2.05. The molecule has 0 spiro atoms. The Kier molecular flexibility index (Phi) is 3.16. The molecule has 1 aliphatic heterocycles. The van der Waals surface area contributed by atoms with Gasteiger partial charge in [-0.2, -0.15) is 0 Å². The van der Waals surface area contributed by atoms with Crippen LogP contribution in [0.5, 0.6) is 0 Å². The van der Waals surface area contributed by atoms with Crippen LogP contribution in [0.1, 0.15) is 23.7 Å². The van der Waals surface area contributed by atoms with E-state index in [0.717, 1.165) is 18.8 Å². The molecular formula is C19H22N4. The number of aromatic nitrogens is 2. The highest BCUT2D eigenvalue weighted by molar-refractivity contribution is 6.12. The first-order valence-corrected chi connectivity index (χ1v) is 8.15. The lowest BCUT2D eigenvalue weighted by Gasteiger charge is -2.11. The van der Waals surface area contributed by atoms with Crippen LogP contribution >= 0.6 is 0 Å². The van der Waals surface area contributed by atoms with Crippen molar-refractivity contribution in [1.29, 1.82) is 0 Å². The lowest BCUT2D eigenvalue weighted by molar-refractivity contribution is 0.374. The van der Waals surface area contributed by atoms with E-state index < -0.39 is 0 Å². The van der Waals surface area contributed by atoms with Gasteiger partial charge in [0.25, 0.3) is 0 Å². The third-order valence-corrected chi connectivity index (χ3v) is 4.72. The molecule has 118 valence electrons. The van der Waals surface area contributed by atoms with E-state index in [4.69, 9.17) is 0 Å². The van der Waals surface area contributed by atoms with Gasteiger partial charge in [0, 0.05) is 48.9 Å². The van der Waals surface area contributed by atoms with Gasteiger partial charge in [0.2, 0.25) is 0 Å². The van der Waals surface area contributed by atoms with Gasteiger partial charge in [-0.05, 0) is 50.1 Å². The molecule has 0 unspecified atom stereocenters. The predicted octanol–water partition coefficient (Wildman–Crippen LogP) is 3.62. The lowest BCUT2D eigenvalue weighted by atomic mass is 10.00. The van der Waals surface area contributed by atoms with Crippen molar-refractivity contribution in [3.05, 3.63) is 47.4 Å². The number of benzene rings is 1. The zero-order chi connectivity index (χ0) is 16.1. The minimum Gasteiger partial charge on any atom is -0.339 e. The number of nitrogens with one attached hydrogen (secondary N) is 1. The maximum absolute atomic E-state index is 4.52. The Morgan fingerprint density at radius 3 is 2.70 bits per heavy atom. The zero-order valence-electron chi connectivity index (χ0n) is 14.1. The van der Waals surface area contributed by atoms with E-state index in [-0.39, 0.29) is 0 Å². The molecule has 3 heterocycles. The standard InChI is InChI=1S/C19H22N4/c1-5-23-18-13(3)20-7-6-15(18)17-9-12(2)8-16(19(17)23)14-10-21-22(4)11-14/h6-9,11,21H,5,10H2,1-4H3. The average Bonchev–Trinajstić information content (AvgIpc) is 3.09. The van der Waals surface area contributed by atoms with Crippen molar-refractivity contribution >= 4 is 27.4 Å². The number of hydrogen-bond acceptors (Lipinski definition) is 3. The molecular weight excluding hydrogens is 284 g/mol. The second-order valence-electron chi connectivity index (χ2n) is 6.35. The van der Waals surface area contributed by atoms with Crippen molar-refractivity contribution < 1.29 is 0 Å². The Balaban J connectivity index is 2.18. The highest BCUT2D eigenvalue weighted by Crippen LogP contribution is 2.36. The molecule has 1 aromatic carbocycles. The first kappa shape index (κ1) is 14.3. The summed E-state index contributed by atoms with van der Waals surface area (Å²) in [6.07, 6.45) is 4.11. The molecule has 0 atom stereocenters. The van der Waals surface area contributed by atoms with E-state index in [9.17, 15) is 0 Å². The summed E-state index contributed by atoms with van der Waals surface area (Å²) in [6, 6.07) is 6.76. The van der Waals surface area contributed by atoms with Gasteiger partial charge >= 0.3 is 0 Å². The van der Waals surface area contributed by atoms with Crippen LogP contribution in [0.25, 0.3) is 27.4 Å². The van der Waals surface area contributed by atoms with Crippen LogP contribution in [0.15, 0.2) is 30.6 Å². The fraction of sp³-hybridized carbons (Fsp3) is 0.316. The summed E-state index contributed by atoms with van der Waals surface area (Å²) in [7, 11) is 2.05.